The quantitative estimate of drug-likeness (QED) is 0.789. The molecule has 0 aliphatic rings. The molecule has 1 heterocycles. The molecule has 114 valence electrons. The minimum absolute atomic E-state index is 0.0849. The van der Waals surface area contributed by atoms with E-state index >= 15 is 0 Å². The molecule has 3 N–H and O–H groups in total. The summed E-state index contributed by atoms with van der Waals surface area (Å²) in [5, 5.41) is 29.6. The lowest BCUT2D eigenvalue weighted by atomic mass is 10.00. The van der Waals surface area contributed by atoms with Crippen molar-refractivity contribution in [3.63, 3.8) is 0 Å². The Morgan fingerprint density at radius 3 is 2.52 bits per heavy atom. The molecule has 0 spiro atoms. The van der Waals surface area contributed by atoms with Crippen LogP contribution in [-0.2, 0) is 13.0 Å². The van der Waals surface area contributed by atoms with Gasteiger partial charge in [0.1, 0.15) is 0 Å². The summed E-state index contributed by atoms with van der Waals surface area (Å²) in [5.41, 5.74) is 3.24. The summed E-state index contributed by atoms with van der Waals surface area (Å²) in [5.74, 6) is -0.996. The topological polar surface area (TPSA) is 82.7 Å². The first kappa shape index (κ1) is 15.5. The molecule has 0 aliphatic carbocycles. The molecule has 0 fully saturated rings. The monoisotopic (exact) mass is 291 g/mol. The van der Waals surface area contributed by atoms with Crippen LogP contribution in [-0.4, -0.2) is 32.5 Å². The van der Waals surface area contributed by atoms with Crippen LogP contribution in [0.5, 0.6) is 0 Å². The molecule has 1 aromatic carbocycles. The largest absolute Gasteiger partial charge is 0.478 e. The maximum atomic E-state index is 11.6. The van der Waals surface area contributed by atoms with Crippen LogP contribution in [0.2, 0.25) is 0 Å². The number of carboxylic acid groups (broad SMARTS) is 1. The van der Waals surface area contributed by atoms with Gasteiger partial charge in [0.25, 0.3) is 0 Å². The molecular formula is C16H21NO4. The second kappa shape index (κ2) is 5.87. The number of aliphatic hydroxyl groups is 2. The normalized spacial score (nSPS) is 12.8. The molecule has 0 radical (unpaired) electrons. The summed E-state index contributed by atoms with van der Waals surface area (Å²) < 4.78 is 1.78. The average molecular weight is 291 g/mol. The van der Waals surface area contributed by atoms with E-state index in [0.29, 0.717) is 12.1 Å². The SMILES string of the molecule is CCc1cc(C(=O)O)c2c(c1)c(C(C)O)c(C)n2CCO. The Bertz CT molecular complexity index is 685. The zero-order valence-corrected chi connectivity index (χ0v) is 12.6. The summed E-state index contributed by atoms with van der Waals surface area (Å²) in [6.07, 6.45) is 0.0286. The highest BCUT2D eigenvalue weighted by atomic mass is 16.4. The van der Waals surface area contributed by atoms with Crippen LogP contribution < -0.4 is 0 Å². The van der Waals surface area contributed by atoms with Gasteiger partial charge in [-0.2, -0.15) is 0 Å². The first-order valence-corrected chi connectivity index (χ1v) is 7.10. The predicted molar refractivity (Wildman–Crippen MR) is 80.7 cm³/mol. The van der Waals surface area contributed by atoms with Crippen LogP contribution in [0, 0.1) is 6.92 Å². The van der Waals surface area contributed by atoms with Crippen LogP contribution >= 0.6 is 0 Å². The maximum absolute atomic E-state index is 11.6. The van der Waals surface area contributed by atoms with E-state index in [1.54, 1.807) is 17.6 Å². The smallest absolute Gasteiger partial charge is 0.337 e. The molecule has 0 amide bonds. The molecule has 2 aromatic rings. The summed E-state index contributed by atoms with van der Waals surface area (Å²) >= 11 is 0. The van der Waals surface area contributed by atoms with Gasteiger partial charge in [0.2, 0.25) is 0 Å². The number of aromatic nitrogens is 1. The highest BCUT2D eigenvalue weighted by molar-refractivity contribution is 6.04. The number of hydrogen-bond donors (Lipinski definition) is 3. The number of aromatic carboxylic acids is 1. The molecule has 1 unspecified atom stereocenters. The van der Waals surface area contributed by atoms with Gasteiger partial charge in [0, 0.05) is 23.2 Å². The van der Waals surface area contributed by atoms with Crippen LogP contribution in [0.4, 0.5) is 0 Å². The van der Waals surface area contributed by atoms with E-state index in [1.165, 1.54) is 0 Å². The number of fused-ring (bicyclic) bond motifs is 1. The molecule has 5 nitrogen and oxygen atoms in total. The van der Waals surface area contributed by atoms with Gasteiger partial charge in [-0.15, -0.1) is 0 Å². The summed E-state index contributed by atoms with van der Waals surface area (Å²) in [7, 11) is 0. The lowest BCUT2D eigenvalue weighted by Gasteiger charge is -2.09. The minimum Gasteiger partial charge on any atom is -0.478 e. The Balaban J connectivity index is 2.95. The number of aliphatic hydroxyl groups excluding tert-OH is 2. The highest BCUT2D eigenvalue weighted by Gasteiger charge is 2.22. The van der Waals surface area contributed by atoms with E-state index in [2.05, 4.69) is 0 Å². The number of carboxylic acids is 1. The third-order valence-corrected chi connectivity index (χ3v) is 3.90. The lowest BCUT2D eigenvalue weighted by Crippen LogP contribution is -2.08. The van der Waals surface area contributed by atoms with E-state index < -0.39 is 12.1 Å². The van der Waals surface area contributed by atoms with Crippen molar-refractivity contribution < 1.29 is 20.1 Å². The van der Waals surface area contributed by atoms with E-state index in [1.807, 2.05) is 19.9 Å². The Labute approximate surface area is 123 Å². The zero-order valence-electron chi connectivity index (χ0n) is 12.6. The standard InChI is InChI=1S/C16H21NO4/c1-4-11-7-12-14(10(3)19)9(2)17(5-6-18)15(12)13(8-11)16(20)21/h7-8,10,18-19H,4-6H2,1-3H3,(H,20,21). The fourth-order valence-corrected chi connectivity index (χ4v) is 2.97. The number of hydrogen-bond acceptors (Lipinski definition) is 3. The molecule has 0 aliphatic heterocycles. The van der Waals surface area contributed by atoms with Crippen molar-refractivity contribution in [3.05, 3.63) is 34.5 Å². The van der Waals surface area contributed by atoms with Crippen molar-refractivity contribution in [2.24, 2.45) is 0 Å². The fourth-order valence-electron chi connectivity index (χ4n) is 2.97. The fraction of sp³-hybridized carbons (Fsp3) is 0.438. The van der Waals surface area contributed by atoms with Gasteiger partial charge >= 0.3 is 5.97 Å². The summed E-state index contributed by atoms with van der Waals surface area (Å²) in [6, 6.07) is 3.61. The number of aryl methyl sites for hydroxylation is 1. The van der Waals surface area contributed by atoms with Gasteiger partial charge in [0.05, 0.1) is 23.8 Å². The molecule has 21 heavy (non-hydrogen) atoms. The van der Waals surface area contributed by atoms with Crippen molar-refractivity contribution in [2.75, 3.05) is 6.61 Å². The van der Waals surface area contributed by atoms with Crippen molar-refractivity contribution in [1.82, 2.24) is 4.57 Å². The second-order valence-electron chi connectivity index (χ2n) is 5.25. The Hall–Kier alpha value is -1.85. The molecule has 1 atom stereocenters. The number of nitrogens with zero attached hydrogens (tertiary/aromatic N) is 1. The second-order valence-corrected chi connectivity index (χ2v) is 5.25. The first-order chi connectivity index (χ1) is 9.92. The van der Waals surface area contributed by atoms with Crippen molar-refractivity contribution >= 4 is 16.9 Å². The van der Waals surface area contributed by atoms with E-state index in [4.69, 9.17) is 0 Å². The van der Waals surface area contributed by atoms with Gasteiger partial charge in [0.15, 0.2) is 0 Å². The molecule has 2 rings (SSSR count). The molecule has 0 saturated carbocycles. The van der Waals surface area contributed by atoms with Gasteiger partial charge in [-0.1, -0.05) is 6.92 Å². The summed E-state index contributed by atoms with van der Waals surface area (Å²) in [4.78, 5) is 11.6. The van der Waals surface area contributed by atoms with Crippen LogP contribution in [0.1, 0.15) is 47.1 Å². The Kier molecular flexibility index (Phi) is 4.34. The lowest BCUT2D eigenvalue weighted by molar-refractivity contribution is 0.0698. The van der Waals surface area contributed by atoms with Crippen LogP contribution in [0.3, 0.4) is 0 Å². The van der Waals surface area contributed by atoms with Crippen molar-refractivity contribution in [1.29, 1.82) is 0 Å². The molecule has 0 saturated heterocycles. The highest BCUT2D eigenvalue weighted by Crippen LogP contribution is 2.34. The third-order valence-electron chi connectivity index (χ3n) is 3.90. The van der Waals surface area contributed by atoms with E-state index in [9.17, 15) is 20.1 Å². The number of benzene rings is 1. The van der Waals surface area contributed by atoms with Gasteiger partial charge in [-0.3, -0.25) is 0 Å². The van der Waals surface area contributed by atoms with Gasteiger partial charge in [-0.05, 0) is 38.0 Å². The molecule has 1 aromatic heterocycles. The molecule has 0 bridgehead atoms. The van der Waals surface area contributed by atoms with Gasteiger partial charge in [-0.25, -0.2) is 4.79 Å². The summed E-state index contributed by atoms with van der Waals surface area (Å²) in [6.45, 7) is 5.70. The van der Waals surface area contributed by atoms with Crippen molar-refractivity contribution in [3.8, 4) is 0 Å². The minimum atomic E-state index is -0.996. The van der Waals surface area contributed by atoms with E-state index in [-0.39, 0.29) is 12.2 Å². The van der Waals surface area contributed by atoms with Crippen molar-refractivity contribution in [2.45, 2.75) is 39.8 Å². The van der Waals surface area contributed by atoms with E-state index in [0.717, 1.165) is 28.6 Å². The number of carbonyl (C=O) groups is 1. The third kappa shape index (κ3) is 2.54. The first-order valence-electron chi connectivity index (χ1n) is 7.10. The van der Waals surface area contributed by atoms with Crippen LogP contribution in [0.25, 0.3) is 10.9 Å². The molecular weight excluding hydrogens is 270 g/mol. The predicted octanol–water partition coefficient (Wildman–Crippen LogP) is 2.26. The number of rotatable bonds is 5. The average Bonchev–Trinajstić information content (AvgIpc) is 2.70. The Morgan fingerprint density at radius 2 is 2.05 bits per heavy atom. The molecule has 5 heteroatoms. The van der Waals surface area contributed by atoms with Crippen LogP contribution in [0.15, 0.2) is 12.1 Å². The maximum Gasteiger partial charge on any atom is 0.337 e. The zero-order chi connectivity index (χ0) is 15.7. The Morgan fingerprint density at radius 1 is 1.38 bits per heavy atom. The van der Waals surface area contributed by atoms with Gasteiger partial charge < -0.3 is 19.9 Å².